The molecular weight excluding hydrogens is 234 g/mol. The van der Waals surface area contributed by atoms with Crippen LogP contribution in [0.4, 0.5) is 0 Å². The van der Waals surface area contributed by atoms with Gasteiger partial charge in [0, 0.05) is 12.1 Å². The molecule has 2 rings (SSSR count). The minimum Gasteiger partial charge on any atom is -0.497 e. The molecule has 1 aromatic rings. The largest absolute Gasteiger partial charge is 0.497 e. The first-order valence-corrected chi connectivity index (χ1v) is 7.48. The van der Waals surface area contributed by atoms with Crippen molar-refractivity contribution in [2.24, 2.45) is 5.92 Å². The van der Waals surface area contributed by atoms with Gasteiger partial charge in [-0.3, -0.25) is 0 Å². The quantitative estimate of drug-likeness (QED) is 0.836. The maximum atomic E-state index is 5.20. The van der Waals surface area contributed by atoms with Gasteiger partial charge >= 0.3 is 0 Å². The van der Waals surface area contributed by atoms with E-state index >= 15 is 0 Å². The van der Waals surface area contributed by atoms with E-state index in [-0.39, 0.29) is 0 Å². The van der Waals surface area contributed by atoms with Crippen LogP contribution in [0.15, 0.2) is 24.3 Å². The van der Waals surface area contributed by atoms with Gasteiger partial charge in [0.1, 0.15) is 5.75 Å². The van der Waals surface area contributed by atoms with E-state index in [2.05, 4.69) is 50.4 Å². The molecule has 19 heavy (non-hydrogen) atoms. The number of ether oxygens (including phenoxy) is 1. The van der Waals surface area contributed by atoms with E-state index in [0.29, 0.717) is 12.1 Å². The van der Waals surface area contributed by atoms with Crippen LogP contribution in [0.1, 0.15) is 51.5 Å². The molecule has 0 aliphatic heterocycles. The number of hydrogen-bond donors (Lipinski definition) is 1. The topological polar surface area (TPSA) is 21.3 Å². The van der Waals surface area contributed by atoms with Gasteiger partial charge in [-0.25, -0.2) is 0 Å². The van der Waals surface area contributed by atoms with Crippen molar-refractivity contribution in [1.82, 2.24) is 5.32 Å². The predicted octanol–water partition coefficient (Wildman–Crippen LogP) is 3.97. The molecule has 2 nitrogen and oxygen atoms in total. The Morgan fingerprint density at radius 3 is 2.32 bits per heavy atom. The maximum Gasteiger partial charge on any atom is 0.118 e. The number of methoxy groups -OCH3 is 1. The Hall–Kier alpha value is -1.02. The first-order chi connectivity index (χ1) is 9.08. The highest BCUT2D eigenvalue weighted by Gasteiger charge is 2.30. The standard InChI is InChI=1S/C17H27NO/c1-12(2)9-13(3)18-16-10-15(11-16)14-5-7-17(19-4)8-6-14/h5-8,12-13,15-16,18H,9-11H2,1-4H3. The molecule has 1 saturated carbocycles. The number of nitrogens with one attached hydrogen (secondary N) is 1. The summed E-state index contributed by atoms with van der Waals surface area (Å²) in [5, 5.41) is 3.75. The lowest BCUT2D eigenvalue weighted by Crippen LogP contribution is -2.44. The van der Waals surface area contributed by atoms with Crippen molar-refractivity contribution in [2.45, 2.75) is 58.0 Å². The van der Waals surface area contributed by atoms with Crippen LogP contribution < -0.4 is 10.1 Å². The van der Waals surface area contributed by atoms with E-state index in [1.165, 1.54) is 24.8 Å². The third-order valence-corrected chi connectivity index (χ3v) is 4.07. The van der Waals surface area contributed by atoms with E-state index < -0.39 is 0 Å². The van der Waals surface area contributed by atoms with Crippen molar-refractivity contribution in [1.29, 1.82) is 0 Å². The summed E-state index contributed by atoms with van der Waals surface area (Å²) < 4.78 is 5.20. The van der Waals surface area contributed by atoms with Crippen molar-refractivity contribution in [3.8, 4) is 5.75 Å². The second-order valence-corrected chi connectivity index (χ2v) is 6.34. The molecule has 1 N–H and O–H groups in total. The third kappa shape index (κ3) is 3.97. The summed E-state index contributed by atoms with van der Waals surface area (Å²) in [6, 6.07) is 9.89. The molecule has 0 saturated heterocycles. The molecule has 106 valence electrons. The Morgan fingerprint density at radius 1 is 1.16 bits per heavy atom. The minimum atomic E-state index is 0.641. The monoisotopic (exact) mass is 261 g/mol. The van der Waals surface area contributed by atoms with Crippen LogP contribution in [0.2, 0.25) is 0 Å². The summed E-state index contributed by atoms with van der Waals surface area (Å²) in [5.41, 5.74) is 1.45. The zero-order valence-electron chi connectivity index (χ0n) is 12.6. The van der Waals surface area contributed by atoms with Crippen LogP contribution in [-0.4, -0.2) is 19.2 Å². The first kappa shape index (κ1) is 14.4. The Labute approximate surface area is 117 Å². The van der Waals surface area contributed by atoms with Gasteiger partial charge in [0.2, 0.25) is 0 Å². The molecule has 1 aromatic carbocycles. The molecular formula is C17H27NO. The van der Waals surface area contributed by atoms with Gasteiger partial charge in [0.05, 0.1) is 7.11 Å². The molecule has 1 atom stereocenters. The van der Waals surface area contributed by atoms with Crippen molar-refractivity contribution in [3.05, 3.63) is 29.8 Å². The highest BCUT2D eigenvalue weighted by molar-refractivity contribution is 5.30. The zero-order chi connectivity index (χ0) is 13.8. The van der Waals surface area contributed by atoms with Gasteiger partial charge in [-0.1, -0.05) is 26.0 Å². The molecule has 0 amide bonds. The molecule has 0 spiro atoms. The van der Waals surface area contributed by atoms with E-state index in [9.17, 15) is 0 Å². The van der Waals surface area contributed by atoms with Gasteiger partial charge in [-0.05, 0) is 55.7 Å². The molecule has 1 fully saturated rings. The predicted molar refractivity (Wildman–Crippen MR) is 80.8 cm³/mol. The van der Waals surface area contributed by atoms with E-state index in [0.717, 1.165) is 17.6 Å². The van der Waals surface area contributed by atoms with Crippen LogP contribution in [0.3, 0.4) is 0 Å². The fraction of sp³-hybridized carbons (Fsp3) is 0.647. The van der Waals surface area contributed by atoms with Crippen molar-refractivity contribution in [2.75, 3.05) is 7.11 Å². The fourth-order valence-electron chi connectivity index (χ4n) is 3.08. The van der Waals surface area contributed by atoms with Crippen LogP contribution in [0, 0.1) is 5.92 Å². The van der Waals surface area contributed by atoms with Gasteiger partial charge in [-0.15, -0.1) is 0 Å². The van der Waals surface area contributed by atoms with Gasteiger partial charge < -0.3 is 10.1 Å². The summed E-state index contributed by atoms with van der Waals surface area (Å²) in [5.74, 6) is 2.46. The normalized spacial score (nSPS) is 24.1. The zero-order valence-corrected chi connectivity index (χ0v) is 12.6. The minimum absolute atomic E-state index is 0.641. The molecule has 0 heterocycles. The van der Waals surface area contributed by atoms with Crippen molar-refractivity contribution >= 4 is 0 Å². The van der Waals surface area contributed by atoms with E-state index in [4.69, 9.17) is 4.74 Å². The smallest absolute Gasteiger partial charge is 0.118 e. The molecule has 2 heteroatoms. The lowest BCUT2D eigenvalue weighted by molar-refractivity contribution is 0.257. The Morgan fingerprint density at radius 2 is 1.79 bits per heavy atom. The van der Waals surface area contributed by atoms with Crippen LogP contribution in [-0.2, 0) is 0 Å². The van der Waals surface area contributed by atoms with Crippen molar-refractivity contribution in [3.63, 3.8) is 0 Å². The average molecular weight is 261 g/mol. The van der Waals surface area contributed by atoms with E-state index in [1.54, 1.807) is 7.11 Å². The van der Waals surface area contributed by atoms with Crippen LogP contribution >= 0.6 is 0 Å². The van der Waals surface area contributed by atoms with Gasteiger partial charge in [-0.2, -0.15) is 0 Å². The lowest BCUT2D eigenvalue weighted by Gasteiger charge is -2.38. The molecule has 0 radical (unpaired) electrons. The Kier molecular flexibility index (Phi) is 4.87. The maximum absolute atomic E-state index is 5.20. The summed E-state index contributed by atoms with van der Waals surface area (Å²) in [6.45, 7) is 6.89. The summed E-state index contributed by atoms with van der Waals surface area (Å²) in [6.07, 6.45) is 3.81. The molecule has 0 bridgehead atoms. The fourth-order valence-corrected chi connectivity index (χ4v) is 3.08. The van der Waals surface area contributed by atoms with Gasteiger partial charge in [0.25, 0.3) is 0 Å². The second kappa shape index (κ2) is 6.42. The average Bonchev–Trinajstić information content (AvgIpc) is 2.32. The van der Waals surface area contributed by atoms with Crippen LogP contribution in [0.25, 0.3) is 0 Å². The van der Waals surface area contributed by atoms with Gasteiger partial charge in [0.15, 0.2) is 0 Å². The molecule has 1 aliphatic carbocycles. The SMILES string of the molecule is COc1ccc(C2CC(NC(C)CC(C)C)C2)cc1. The highest BCUT2D eigenvalue weighted by Crippen LogP contribution is 2.37. The molecule has 0 aromatic heterocycles. The lowest BCUT2D eigenvalue weighted by atomic mass is 9.75. The summed E-state index contributed by atoms with van der Waals surface area (Å²) >= 11 is 0. The summed E-state index contributed by atoms with van der Waals surface area (Å²) in [7, 11) is 1.72. The first-order valence-electron chi connectivity index (χ1n) is 7.48. The van der Waals surface area contributed by atoms with Crippen molar-refractivity contribution < 1.29 is 4.74 Å². The Bertz CT molecular complexity index is 379. The highest BCUT2D eigenvalue weighted by atomic mass is 16.5. The Balaban J connectivity index is 1.76. The summed E-state index contributed by atoms with van der Waals surface area (Å²) in [4.78, 5) is 0. The number of hydrogen-bond acceptors (Lipinski definition) is 2. The second-order valence-electron chi connectivity index (χ2n) is 6.34. The molecule has 1 unspecified atom stereocenters. The molecule has 1 aliphatic rings. The third-order valence-electron chi connectivity index (χ3n) is 4.07. The number of benzene rings is 1. The van der Waals surface area contributed by atoms with E-state index in [1.807, 2.05) is 0 Å². The number of rotatable bonds is 6. The van der Waals surface area contributed by atoms with Crippen LogP contribution in [0.5, 0.6) is 5.75 Å².